The molecule has 0 atom stereocenters. The van der Waals surface area contributed by atoms with Crippen LogP contribution in [0.3, 0.4) is 0 Å². The van der Waals surface area contributed by atoms with Gasteiger partial charge < -0.3 is 14.9 Å². The molecule has 0 bridgehead atoms. The van der Waals surface area contributed by atoms with Crippen LogP contribution < -0.4 is 0 Å². The molecule has 1 fully saturated rings. The molecule has 18 heavy (non-hydrogen) atoms. The normalized spacial score (nSPS) is 14.9. The molecule has 1 saturated carbocycles. The summed E-state index contributed by atoms with van der Waals surface area (Å²) in [6.45, 7) is 8.20. The Kier molecular flexibility index (Phi) is 21.0. The molecule has 0 aliphatic heterocycles. The summed E-state index contributed by atoms with van der Waals surface area (Å²) >= 11 is 0. The second-order valence-electron chi connectivity index (χ2n) is 4.34. The van der Waals surface area contributed by atoms with Crippen LogP contribution in [0.4, 0.5) is 0 Å². The van der Waals surface area contributed by atoms with Crippen LogP contribution in [0.2, 0.25) is 0 Å². The van der Waals surface area contributed by atoms with Crippen molar-refractivity contribution in [1.82, 2.24) is 0 Å². The van der Waals surface area contributed by atoms with Crippen molar-refractivity contribution in [2.45, 2.75) is 64.9 Å². The van der Waals surface area contributed by atoms with Crippen LogP contribution in [-0.2, 0) is 4.74 Å². The number of aliphatic hydroxyl groups is 2. The van der Waals surface area contributed by atoms with Gasteiger partial charge in [0.1, 0.15) is 0 Å². The fraction of sp³-hybridized carbons (Fsp3) is 0.867. The van der Waals surface area contributed by atoms with E-state index in [9.17, 15) is 0 Å². The van der Waals surface area contributed by atoms with Crippen LogP contribution in [0, 0.1) is 0 Å². The predicted molar refractivity (Wildman–Crippen MR) is 77.8 cm³/mol. The van der Waals surface area contributed by atoms with Crippen LogP contribution >= 0.6 is 0 Å². The first kappa shape index (κ1) is 19.9. The van der Waals surface area contributed by atoms with E-state index < -0.39 is 0 Å². The van der Waals surface area contributed by atoms with Gasteiger partial charge in [0.15, 0.2) is 0 Å². The Morgan fingerprint density at radius 2 is 1.67 bits per heavy atom. The van der Waals surface area contributed by atoms with Crippen molar-refractivity contribution in [3.05, 3.63) is 12.7 Å². The molecule has 0 amide bonds. The van der Waals surface area contributed by atoms with Crippen LogP contribution in [-0.4, -0.2) is 36.1 Å². The summed E-state index contributed by atoms with van der Waals surface area (Å²) < 4.78 is 5.72. The summed E-state index contributed by atoms with van der Waals surface area (Å²) in [5, 5.41) is 15.2. The van der Waals surface area contributed by atoms with Crippen molar-refractivity contribution in [2.75, 3.05) is 19.8 Å². The number of ether oxygens (including phenoxy) is 1. The Morgan fingerprint density at radius 3 is 2.06 bits per heavy atom. The highest BCUT2D eigenvalue weighted by atomic mass is 16.5. The monoisotopic (exact) mass is 260 g/mol. The molecule has 0 aromatic rings. The standard InChI is InChI=1S/C10H20O.C3H6.C2H6O2/c1-2-3-9-11-10-7-5-4-6-8-10;1-3-2;3-1-2-4/h10H,2-9H2,1H3;3H,1H2,2H3;3-4H,1-2H2. The van der Waals surface area contributed by atoms with Gasteiger partial charge in [0.2, 0.25) is 0 Å². The molecule has 0 unspecified atom stereocenters. The third kappa shape index (κ3) is 18.0. The molecule has 1 aliphatic carbocycles. The Labute approximate surface area is 113 Å². The smallest absolute Gasteiger partial charge is 0.0662 e. The summed E-state index contributed by atoms with van der Waals surface area (Å²) in [5.74, 6) is 0. The van der Waals surface area contributed by atoms with Gasteiger partial charge in [-0.3, -0.25) is 0 Å². The summed E-state index contributed by atoms with van der Waals surface area (Å²) in [5.41, 5.74) is 0. The zero-order chi connectivity index (χ0) is 14.1. The van der Waals surface area contributed by atoms with Gasteiger partial charge in [0.05, 0.1) is 19.3 Å². The van der Waals surface area contributed by atoms with Gasteiger partial charge in [0.25, 0.3) is 0 Å². The number of aliphatic hydroxyl groups excluding tert-OH is 2. The minimum Gasteiger partial charge on any atom is -0.394 e. The summed E-state index contributed by atoms with van der Waals surface area (Å²) in [4.78, 5) is 0. The molecule has 0 aromatic heterocycles. The van der Waals surface area contributed by atoms with Crippen LogP contribution in [0.25, 0.3) is 0 Å². The number of hydrogen-bond acceptors (Lipinski definition) is 3. The first-order valence-electron chi connectivity index (χ1n) is 7.17. The fourth-order valence-electron chi connectivity index (χ4n) is 1.63. The second-order valence-corrected chi connectivity index (χ2v) is 4.34. The van der Waals surface area contributed by atoms with Crippen molar-refractivity contribution in [3.63, 3.8) is 0 Å². The maximum Gasteiger partial charge on any atom is 0.0662 e. The highest BCUT2D eigenvalue weighted by molar-refractivity contribution is 4.64. The summed E-state index contributed by atoms with van der Waals surface area (Å²) in [7, 11) is 0. The molecule has 2 N–H and O–H groups in total. The van der Waals surface area contributed by atoms with Crippen LogP contribution in [0.15, 0.2) is 12.7 Å². The topological polar surface area (TPSA) is 49.7 Å². The van der Waals surface area contributed by atoms with Gasteiger partial charge in [-0.05, 0) is 26.2 Å². The molecule has 0 saturated heterocycles. The van der Waals surface area contributed by atoms with Gasteiger partial charge in [0, 0.05) is 6.61 Å². The molecule has 110 valence electrons. The van der Waals surface area contributed by atoms with Gasteiger partial charge in [-0.25, -0.2) is 0 Å². The summed E-state index contributed by atoms with van der Waals surface area (Å²) in [6.07, 6.45) is 11.7. The van der Waals surface area contributed by atoms with E-state index in [0.29, 0.717) is 6.10 Å². The summed E-state index contributed by atoms with van der Waals surface area (Å²) in [6, 6.07) is 0. The third-order valence-corrected chi connectivity index (χ3v) is 2.50. The first-order chi connectivity index (χ1) is 8.76. The fourth-order valence-corrected chi connectivity index (χ4v) is 1.63. The number of unbranched alkanes of at least 4 members (excludes halogenated alkanes) is 1. The molecular weight excluding hydrogens is 228 g/mol. The molecule has 0 radical (unpaired) electrons. The minimum atomic E-state index is -0.125. The van der Waals surface area contributed by atoms with Crippen molar-refractivity contribution < 1.29 is 14.9 Å². The zero-order valence-corrected chi connectivity index (χ0v) is 12.2. The average molecular weight is 260 g/mol. The van der Waals surface area contributed by atoms with Gasteiger partial charge in [-0.2, -0.15) is 0 Å². The SMILES string of the molecule is C=CC.CCCCOC1CCCCC1.OCCO. The van der Waals surface area contributed by atoms with E-state index in [0.717, 1.165) is 6.61 Å². The third-order valence-electron chi connectivity index (χ3n) is 2.50. The second kappa shape index (κ2) is 19.0. The molecule has 3 heteroatoms. The Morgan fingerprint density at radius 1 is 1.17 bits per heavy atom. The van der Waals surface area contributed by atoms with Crippen LogP contribution in [0.5, 0.6) is 0 Å². The van der Waals surface area contributed by atoms with Crippen molar-refractivity contribution in [3.8, 4) is 0 Å². The van der Waals surface area contributed by atoms with Crippen LogP contribution in [0.1, 0.15) is 58.8 Å². The predicted octanol–water partition coefficient (Wildman–Crippen LogP) is 3.30. The van der Waals surface area contributed by atoms with E-state index in [1.807, 2.05) is 6.92 Å². The molecule has 1 aliphatic rings. The average Bonchev–Trinajstić information content (AvgIpc) is 2.41. The van der Waals surface area contributed by atoms with Gasteiger partial charge in [-0.1, -0.05) is 38.7 Å². The lowest BCUT2D eigenvalue weighted by Gasteiger charge is -2.21. The van der Waals surface area contributed by atoms with Crippen molar-refractivity contribution in [2.24, 2.45) is 0 Å². The highest BCUT2D eigenvalue weighted by Crippen LogP contribution is 2.20. The van der Waals surface area contributed by atoms with Gasteiger partial charge in [-0.15, -0.1) is 6.58 Å². The Bertz CT molecular complexity index is 141. The Hall–Kier alpha value is -0.380. The molecule has 1 rings (SSSR count). The molecule has 3 nitrogen and oxygen atoms in total. The van der Waals surface area contributed by atoms with E-state index in [-0.39, 0.29) is 13.2 Å². The quantitative estimate of drug-likeness (QED) is 0.589. The molecule has 0 aromatic carbocycles. The van der Waals surface area contributed by atoms with Crippen molar-refractivity contribution >= 4 is 0 Å². The highest BCUT2D eigenvalue weighted by Gasteiger charge is 2.12. The van der Waals surface area contributed by atoms with E-state index in [1.54, 1.807) is 6.08 Å². The maximum absolute atomic E-state index is 7.62. The lowest BCUT2D eigenvalue weighted by atomic mass is 9.98. The van der Waals surface area contributed by atoms with Gasteiger partial charge >= 0.3 is 0 Å². The molecular formula is C15H32O3. The number of rotatable bonds is 5. The van der Waals surface area contributed by atoms with E-state index >= 15 is 0 Å². The first-order valence-corrected chi connectivity index (χ1v) is 7.17. The van der Waals surface area contributed by atoms with Crippen molar-refractivity contribution in [1.29, 1.82) is 0 Å². The maximum atomic E-state index is 7.62. The largest absolute Gasteiger partial charge is 0.394 e. The lowest BCUT2D eigenvalue weighted by Crippen LogP contribution is -2.16. The molecule has 0 spiro atoms. The van der Waals surface area contributed by atoms with E-state index in [4.69, 9.17) is 14.9 Å². The zero-order valence-electron chi connectivity index (χ0n) is 12.2. The van der Waals surface area contributed by atoms with E-state index in [2.05, 4.69) is 13.5 Å². The van der Waals surface area contributed by atoms with E-state index in [1.165, 1.54) is 44.9 Å². The molecule has 0 heterocycles. The number of hydrogen-bond donors (Lipinski definition) is 2. The lowest BCUT2D eigenvalue weighted by molar-refractivity contribution is 0.0269. The minimum absolute atomic E-state index is 0.125. The Balaban J connectivity index is 0. The number of allylic oxidation sites excluding steroid dienone is 1.